The Morgan fingerprint density at radius 1 is 1.00 bits per heavy atom. The van der Waals surface area contributed by atoms with Crippen molar-refractivity contribution in [1.29, 1.82) is 0 Å². The van der Waals surface area contributed by atoms with Crippen LogP contribution in [0, 0.1) is 0 Å². The van der Waals surface area contributed by atoms with Gasteiger partial charge >= 0.3 is 6.11 Å². The first kappa shape index (κ1) is 9.33. The quantitative estimate of drug-likeness (QED) is 0.652. The Balaban J connectivity index is 2.31. The van der Waals surface area contributed by atoms with Crippen LogP contribution in [-0.2, 0) is 0 Å². The largest absolute Gasteiger partial charge is 0.428 e. The summed E-state index contributed by atoms with van der Waals surface area (Å²) >= 11 is 0. The minimum Gasteiger partial charge on any atom is -0.428 e. The molecule has 0 atom stereocenters. The summed E-state index contributed by atoms with van der Waals surface area (Å²) in [4.78, 5) is 0. The molecule has 0 spiro atoms. The second-order valence-corrected chi connectivity index (χ2v) is 3.70. The summed E-state index contributed by atoms with van der Waals surface area (Å²) in [6.07, 6.45) is -1.05. The maximum atomic E-state index is 13.1. The number of halogens is 2. The van der Waals surface area contributed by atoms with Gasteiger partial charge in [-0.25, -0.2) is 0 Å². The van der Waals surface area contributed by atoms with E-state index in [1.165, 1.54) is 6.08 Å². The van der Waals surface area contributed by atoms with Gasteiger partial charge in [-0.1, -0.05) is 36.4 Å². The summed E-state index contributed by atoms with van der Waals surface area (Å²) in [5.41, 5.74) is 0.685. The summed E-state index contributed by atoms with van der Waals surface area (Å²) < 4.78 is 30.9. The highest BCUT2D eigenvalue weighted by atomic mass is 19.3. The molecular weight excluding hydrogens is 210 g/mol. The zero-order valence-electron chi connectivity index (χ0n) is 8.28. The number of benzene rings is 2. The van der Waals surface area contributed by atoms with Crippen molar-refractivity contribution < 1.29 is 13.5 Å². The molecule has 0 fully saturated rings. The molecule has 3 heteroatoms. The topological polar surface area (TPSA) is 9.23 Å². The molecule has 0 unspecified atom stereocenters. The smallest absolute Gasteiger partial charge is 0.419 e. The van der Waals surface area contributed by atoms with Gasteiger partial charge < -0.3 is 4.74 Å². The lowest BCUT2D eigenvalue weighted by Crippen LogP contribution is -2.24. The minimum absolute atomic E-state index is 0.255. The van der Waals surface area contributed by atoms with Crippen LogP contribution in [0.2, 0.25) is 0 Å². The normalized spacial score (nSPS) is 16.9. The summed E-state index contributed by atoms with van der Waals surface area (Å²) in [7, 11) is 0. The summed E-state index contributed by atoms with van der Waals surface area (Å²) in [5.74, 6) is 0.255. The van der Waals surface area contributed by atoms with Crippen LogP contribution in [0.15, 0.2) is 42.5 Å². The molecular formula is C13H8F2O. The molecule has 0 saturated heterocycles. The molecule has 0 saturated carbocycles. The van der Waals surface area contributed by atoms with Gasteiger partial charge in [-0.15, -0.1) is 0 Å². The van der Waals surface area contributed by atoms with Crippen molar-refractivity contribution in [3.05, 3.63) is 48.0 Å². The van der Waals surface area contributed by atoms with Gasteiger partial charge in [0.05, 0.1) is 0 Å². The first-order valence-corrected chi connectivity index (χ1v) is 4.93. The number of hydrogen-bond donors (Lipinski definition) is 0. The Morgan fingerprint density at radius 3 is 2.69 bits per heavy atom. The molecule has 1 aliphatic heterocycles. The lowest BCUT2D eigenvalue weighted by Gasteiger charge is -2.21. The average molecular weight is 218 g/mol. The third kappa shape index (κ3) is 1.36. The molecule has 2 aromatic rings. The van der Waals surface area contributed by atoms with Gasteiger partial charge in [-0.3, -0.25) is 0 Å². The van der Waals surface area contributed by atoms with Crippen molar-refractivity contribution in [2.75, 3.05) is 0 Å². The van der Waals surface area contributed by atoms with E-state index in [2.05, 4.69) is 0 Å². The van der Waals surface area contributed by atoms with E-state index in [4.69, 9.17) is 4.74 Å². The van der Waals surface area contributed by atoms with Crippen molar-refractivity contribution in [2.24, 2.45) is 0 Å². The van der Waals surface area contributed by atoms with E-state index in [9.17, 15) is 8.78 Å². The molecule has 0 N–H and O–H groups in total. The number of rotatable bonds is 0. The highest BCUT2D eigenvalue weighted by Gasteiger charge is 2.32. The second-order valence-electron chi connectivity index (χ2n) is 3.70. The van der Waals surface area contributed by atoms with Gasteiger partial charge in [-0.2, -0.15) is 8.78 Å². The molecule has 80 valence electrons. The van der Waals surface area contributed by atoms with Gasteiger partial charge in [0.1, 0.15) is 5.75 Å². The molecule has 0 radical (unpaired) electrons. The Hall–Kier alpha value is -1.90. The molecule has 1 heterocycles. The van der Waals surface area contributed by atoms with Crippen LogP contribution in [0.3, 0.4) is 0 Å². The summed E-state index contributed by atoms with van der Waals surface area (Å²) in [5, 5.41) is 1.61. The van der Waals surface area contributed by atoms with Gasteiger partial charge in [0.25, 0.3) is 0 Å². The molecule has 16 heavy (non-hydrogen) atoms. The summed E-state index contributed by atoms with van der Waals surface area (Å²) in [6, 6.07) is 11.0. The lowest BCUT2D eigenvalue weighted by molar-refractivity contribution is -0.131. The fourth-order valence-corrected chi connectivity index (χ4v) is 1.86. The van der Waals surface area contributed by atoms with E-state index < -0.39 is 6.11 Å². The van der Waals surface area contributed by atoms with E-state index >= 15 is 0 Å². The average Bonchev–Trinajstić information content (AvgIpc) is 2.28. The van der Waals surface area contributed by atoms with E-state index in [1.807, 2.05) is 24.3 Å². The maximum absolute atomic E-state index is 13.1. The van der Waals surface area contributed by atoms with Crippen LogP contribution in [0.5, 0.6) is 5.75 Å². The van der Waals surface area contributed by atoms with Gasteiger partial charge in [0.15, 0.2) is 0 Å². The molecule has 0 bridgehead atoms. The Bertz CT molecular complexity index is 588. The van der Waals surface area contributed by atoms with Crippen LogP contribution >= 0.6 is 0 Å². The van der Waals surface area contributed by atoms with Crippen LogP contribution < -0.4 is 4.74 Å². The number of hydrogen-bond acceptors (Lipinski definition) is 1. The van der Waals surface area contributed by atoms with E-state index in [-0.39, 0.29) is 5.75 Å². The van der Waals surface area contributed by atoms with Crippen molar-refractivity contribution in [2.45, 2.75) is 6.11 Å². The zero-order chi connectivity index (χ0) is 11.2. The van der Waals surface area contributed by atoms with Crippen molar-refractivity contribution >= 4 is 16.8 Å². The summed E-state index contributed by atoms with van der Waals surface area (Å²) in [6.45, 7) is 0. The zero-order valence-corrected chi connectivity index (χ0v) is 8.28. The number of ether oxygens (including phenoxy) is 1. The second kappa shape index (κ2) is 3.04. The minimum atomic E-state index is -3.21. The van der Waals surface area contributed by atoms with Gasteiger partial charge in [0, 0.05) is 17.0 Å². The molecule has 1 aliphatic rings. The highest BCUT2D eigenvalue weighted by molar-refractivity contribution is 5.92. The Kier molecular flexibility index (Phi) is 1.78. The fraction of sp³-hybridized carbons (Fsp3) is 0.0769. The van der Waals surface area contributed by atoms with E-state index in [0.29, 0.717) is 10.9 Å². The first-order valence-electron chi connectivity index (χ1n) is 4.93. The van der Waals surface area contributed by atoms with Crippen LogP contribution in [-0.4, -0.2) is 6.11 Å². The molecule has 0 aromatic heterocycles. The molecule has 3 rings (SSSR count). The molecule has 0 aliphatic carbocycles. The predicted octanol–water partition coefficient (Wildman–Crippen LogP) is 3.84. The van der Waals surface area contributed by atoms with E-state index in [0.717, 1.165) is 11.5 Å². The van der Waals surface area contributed by atoms with E-state index in [1.54, 1.807) is 12.1 Å². The Labute approximate surface area is 91.0 Å². The standard InChI is InChI=1S/C13H8F2O/c14-13(15)8-7-10-6-5-9-3-1-2-4-11(9)12(10)16-13/h1-8H. The highest BCUT2D eigenvalue weighted by Crippen LogP contribution is 2.38. The first-order chi connectivity index (χ1) is 7.66. The lowest BCUT2D eigenvalue weighted by atomic mass is 10.0. The SMILES string of the molecule is FC1(F)C=Cc2ccc3ccccc3c2O1. The van der Waals surface area contributed by atoms with Crippen molar-refractivity contribution in [3.8, 4) is 5.75 Å². The van der Waals surface area contributed by atoms with Crippen LogP contribution in [0.25, 0.3) is 16.8 Å². The van der Waals surface area contributed by atoms with Gasteiger partial charge in [-0.05, 0) is 11.5 Å². The maximum Gasteiger partial charge on any atom is 0.419 e. The third-order valence-electron chi connectivity index (χ3n) is 2.61. The fourth-order valence-electron chi connectivity index (χ4n) is 1.86. The van der Waals surface area contributed by atoms with Crippen LogP contribution in [0.4, 0.5) is 8.78 Å². The number of fused-ring (bicyclic) bond motifs is 3. The monoisotopic (exact) mass is 218 g/mol. The molecule has 1 nitrogen and oxygen atoms in total. The molecule has 2 aromatic carbocycles. The third-order valence-corrected chi connectivity index (χ3v) is 2.61. The molecule has 0 amide bonds. The van der Waals surface area contributed by atoms with Gasteiger partial charge in [0.2, 0.25) is 0 Å². The van der Waals surface area contributed by atoms with Crippen molar-refractivity contribution in [3.63, 3.8) is 0 Å². The Morgan fingerprint density at radius 2 is 1.81 bits per heavy atom. The number of alkyl halides is 2. The predicted molar refractivity (Wildman–Crippen MR) is 58.6 cm³/mol. The van der Waals surface area contributed by atoms with Crippen molar-refractivity contribution in [1.82, 2.24) is 0 Å². The van der Waals surface area contributed by atoms with Crippen LogP contribution in [0.1, 0.15) is 5.56 Å².